The van der Waals surface area contributed by atoms with Gasteiger partial charge >= 0.3 is 0 Å². The number of piperazine rings is 1. The molecule has 1 aliphatic rings. The molecule has 108 valence electrons. The van der Waals surface area contributed by atoms with Crippen molar-refractivity contribution in [2.75, 3.05) is 32.8 Å². The van der Waals surface area contributed by atoms with Crippen molar-refractivity contribution in [2.24, 2.45) is 0 Å². The van der Waals surface area contributed by atoms with Crippen LogP contribution < -0.4 is 5.32 Å². The number of β-amino-alcohol motifs (C(OH)–C–C–N with tert-alkyl or cyclic N) is 1. The van der Waals surface area contributed by atoms with E-state index < -0.39 is 6.10 Å². The molecule has 2 unspecified atom stereocenters. The molecule has 2 N–H and O–H groups in total. The minimum atomic E-state index is -0.562. The maximum atomic E-state index is 10.00. The molecule has 2 atom stereocenters. The maximum absolute atomic E-state index is 10.00. The van der Waals surface area contributed by atoms with Crippen molar-refractivity contribution >= 4 is 0 Å². The molecule has 0 radical (unpaired) electrons. The molecule has 2 rings (SSSR count). The van der Waals surface area contributed by atoms with Crippen LogP contribution in [0, 0.1) is 11.3 Å². The second-order valence-corrected chi connectivity index (χ2v) is 5.00. The highest BCUT2D eigenvalue weighted by molar-refractivity contribution is 5.13. The van der Waals surface area contributed by atoms with E-state index in [0.29, 0.717) is 19.7 Å². The minimum absolute atomic E-state index is 0.160. The van der Waals surface area contributed by atoms with Gasteiger partial charge in [-0.15, -0.1) is 0 Å². The average molecular weight is 275 g/mol. The molecule has 0 aromatic heterocycles. The first kappa shape index (κ1) is 14.9. The molecule has 1 aromatic carbocycles. The first-order valence-corrected chi connectivity index (χ1v) is 6.93. The lowest BCUT2D eigenvalue weighted by Gasteiger charge is -2.33. The molecule has 5 heteroatoms. The van der Waals surface area contributed by atoms with Crippen molar-refractivity contribution in [1.82, 2.24) is 10.2 Å². The van der Waals surface area contributed by atoms with Crippen LogP contribution in [0.15, 0.2) is 30.3 Å². The number of nitriles is 1. The van der Waals surface area contributed by atoms with E-state index in [0.717, 1.165) is 18.7 Å². The number of benzene rings is 1. The van der Waals surface area contributed by atoms with E-state index in [-0.39, 0.29) is 12.6 Å². The van der Waals surface area contributed by atoms with Crippen LogP contribution in [0.5, 0.6) is 0 Å². The SMILES string of the molecule is N#CC1CNCCN1CC(O)COCc1ccccc1. The van der Waals surface area contributed by atoms with Gasteiger partial charge in [-0.3, -0.25) is 4.90 Å². The quantitative estimate of drug-likeness (QED) is 0.784. The summed E-state index contributed by atoms with van der Waals surface area (Å²) in [4.78, 5) is 2.01. The summed E-state index contributed by atoms with van der Waals surface area (Å²) in [5, 5.41) is 22.2. The van der Waals surface area contributed by atoms with E-state index in [4.69, 9.17) is 10.00 Å². The Kier molecular flexibility index (Phi) is 5.96. The highest BCUT2D eigenvalue weighted by Crippen LogP contribution is 2.05. The first-order valence-electron chi connectivity index (χ1n) is 6.93. The number of hydrogen-bond donors (Lipinski definition) is 2. The average Bonchev–Trinajstić information content (AvgIpc) is 2.49. The van der Waals surface area contributed by atoms with Crippen molar-refractivity contribution in [2.45, 2.75) is 18.8 Å². The van der Waals surface area contributed by atoms with E-state index >= 15 is 0 Å². The Morgan fingerprint density at radius 1 is 1.45 bits per heavy atom. The molecule has 1 saturated heterocycles. The Hall–Kier alpha value is -1.45. The van der Waals surface area contributed by atoms with Crippen LogP contribution in [0.4, 0.5) is 0 Å². The van der Waals surface area contributed by atoms with Crippen LogP contribution >= 0.6 is 0 Å². The van der Waals surface area contributed by atoms with Gasteiger partial charge in [0, 0.05) is 26.2 Å². The van der Waals surface area contributed by atoms with Gasteiger partial charge < -0.3 is 15.2 Å². The number of rotatable bonds is 6. The molecule has 1 aliphatic heterocycles. The predicted octanol–water partition coefficient (Wildman–Crippen LogP) is 0.361. The third kappa shape index (κ3) is 4.58. The molecule has 1 heterocycles. The van der Waals surface area contributed by atoms with Crippen LogP contribution in [-0.2, 0) is 11.3 Å². The van der Waals surface area contributed by atoms with Crippen molar-refractivity contribution in [1.29, 1.82) is 5.26 Å². The predicted molar refractivity (Wildman–Crippen MR) is 75.9 cm³/mol. The molecule has 5 nitrogen and oxygen atoms in total. The Bertz CT molecular complexity index is 432. The van der Waals surface area contributed by atoms with Gasteiger partial charge in [0.25, 0.3) is 0 Å². The summed E-state index contributed by atoms with van der Waals surface area (Å²) in [5.41, 5.74) is 1.09. The van der Waals surface area contributed by atoms with Crippen LogP contribution in [0.3, 0.4) is 0 Å². The normalized spacial score (nSPS) is 21.3. The molecular weight excluding hydrogens is 254 g/mol. The van der Waals surface area contributed by atoms with Crippen LogP contribution in [0.2, 0.25) is 0 Å². The van der Waals surface area contributed by atoms with Gasteiger partial charge in [-0.25, -0.2) is 0 Å². The fourth-order valence-electron chi connectivity index (χ4n) is 2.30. The van der Waals surface area contributed by atoms with E-state index in [1.165, 1.54) is 0 Å². The summed E-state index contributed by atoms with van der Waals surface area (Å²) in [6.45, 7) is 3.57. The molecular formula is C15H21N3O2. The second kappa shape index (κ2) is 7.98. The monoisotopic (exact) mass is 275 g/mol. The van der Waals surface area contributed by atoms with Gasteiger partial charge in [0.1, 0.15) is 6.04 Å². The van der Waals surface area contributed by atoms with Gasteiger partial charge in [-0.05, 0) is 5.56 Å². The molecule has 0 amide bonds. The lowest BCUT2D eigenvalue weighted by Crippen LogP contribution is -2.53. The lowest BCUT2D eigenvalue weighted by molar-refractivity contribution is 0.00352. The zero-order valence-electron chi connectivity index (χ0n) is 11.5. The van der Waals surface area contributed by atoms with Gasteiger partial charge in [-0.1, -0.05) is 30.3 Å². The summed E-state index contributed by atoms with van der Waals surface area (Å²) in [7, 11) is 0. The fraction of sp³-hybridized carbons (Fsp3) is 0.533. The Morgan fingerprint density at radius 3 is 3.00 bits per heavy atom. The minimum Gasteiger partial charge on any atom is -0.389 e. The molecule has 1 fully saturated rings. The number of nitrogens with zero attached hydrogens (tertiary/aromatic N) is 2. The summed E-state index contributed by atoms with van der Waals surface area (Å²) >= 11 is 0. The van der Waals surface area contributed by atoms with Crippen LogP contribution in [-0.4, -0.2) is 54.9 Å². The largest absolute Gasteiger partial charge is 0.389 e. The number of hydrogen-bond acceptors (Lipinski definition) is 5. The Balaban J connectivity index is 1.69. The standard InChI is InChI=1S/C15H21N3O2/c16-8-14-9-17-6-7-18(14)10-15(19)12-20-11-13-4-2-1-3-5-13/h1-5,14-15,17,19H,6-7,9-12H2. The van der Waals surface area contributed by atoms with Crippen LogP contribution in [0.1, 0.15) is 5.56 Å². The summed E-state index contributed by atoms with van der Waals surface area (Å²) in [6, 6.07) is 12.0. The maximum Gasteiger partial charge on any atom is 0.110 e. The van der Waals surface area contributed by atoms with Crippen molar-refractivity contribution in [3.05, 3.63) is 35.9 Å². The Morgan fingerprint density at radius 2 is 2.25 bits per heavy atom. The summed E-state index contributed by atoms with van der Waals surface area (Å²) in [6.07, 6.45) is -0.562. The zero-order valence-corrected chi connectivity index (χ0v) is 11.5. The number of nitrogens with one attached hydrogen (secondary N) is 1. The van der Waals surface area contributed by atoms with E-state index in [1.54, 1.807) is 0 Å². The van der Waals surface area contributed by atoms with Gasteiger partial charge in [0.15, 0.2) is 0 Å². The third-order valence-electron chi connectivity index (χ3n) is 3.37. The van der Waals surface area contributed by atoms with Gasteiger partial charge in [0.05, 0.1) is 25.4 Å². The van der Waals surface area contributed by atoms with E-state index in [9.17, 15) is 5.11 Å². The van der Waals surface area contributed by atoms with E-state index in [2.05, 4.69) is 11.4 Å². The zero-order chi connectivity index (χ0) is 14.2. The molecule has 0 spiro atoms. The lowest BCUT2D eigenvalue weighted by atomic mass is 10.2. The molecule has 0 bridgehead atoms. The van der Waals surface area contributed by atoms with E-state index in [1.807, 2.05) is 35.2 Å². The van der Waals surface area contributed by atoms with Gasteiger partial charge in [0.2, 0.25) is 0 Å². The van der Waals surface area contributed by atoms with Crippen LogP contribution in [0.25, 0.3) is 0 Å². The summed E-state index contributed by atoms with van der Waals surface area (Å²) < 4.78 is 5.52. The molecule has 1 aromatic rings. The second-order valence-electron chi connectivity index (χ2n) is 5.00. The number of aliphatic hydroxyl groups excluding tert-OH is 1. The van der Waals surface area contributed by atoms with Gasteiger partial charge in [-0.2, -0.15) is 5.26 Å². The topological polar surface area (TPSA) is 68.5 Å². The number of aliphatic hydroxyl groups is 1. The smallest absolute Gasteiger partial charge is 0.110 e. The van der Waals surface area contributed by atoms with Crippen molar-refractivity contribution in [3.63, 3.8) is 0 Å². The highest BCUT2D eigenvalue weighted by atomic mass is 16.5. The molecule has 0 saturated carbocycles. The first-order chi connectivity index (χ1) is 9.79. The number of ether oxygens (including phenoxy) is 1. The molecule has 0 aliphatic carbocycles. The fourth-order valence-corrected chi connectivity index (χ4v) is 2.30. The van der Waals surface area contributed by atoms with Crippen molar-refractivity contribution < 1.29 is 9.84 Å². The highest BCUT2D eigenvalue weighted by Gasteiger charge is 2.23. The summed E-state index contributed by atoms with van der Waals surface area (Å²) in [5.74, 6) is 0. The molecule has 20 heavy (non-hydrogen) atoms. The third-order valence-corrected chi connectivity index (χ3v) is 3.37. The Labute approximate surface area is 119 Å². The van der Waals surface area contributed by atoms with Crippen molar-refractivity contribution in [3.8, 4) is 6.07 Å².